The fraction of sp³-hybridized carbons (Fsp3) is 0.200. The Bertz CT molecular complexity index is 606. The van der Waals surface area contributed by atoms with E-state index in [4.69, 9.17) is 16.3 Å². The normalized spacial score (nSPS) is 10.6. The van der Waals surface area contributed by atoms with Crippen LogP contribution in [-0.4, -0.2) is 6.54 Å². The summed E-state index contributed by atoms with van der Waals surface area (Å²) in [5.41, 5.74) is 0.872. The Balaban J connectivity index is 2.19. The van der Waals surface area contributed by atoms with Crippen molar-refractivity contribution < 1.29 is 9.13 Å². The molecular weight excluding hydrogens is 345 g/mol. The molecule has 2 aromatic carbocycles. The zero-order chi connectivity index (χ0) is 14.5. The van der Waals surface area contributed by atoms with Crippen LogP contribution in [0.25, 0.3) is 0 Å². The van der Waals surface area contributed by atoms with E-state index < -0.39 is 5.82 Å². The first kappa shape index (κ1) is 15.3. The van der Waals surface area contributed by atoms with Crippen LogP contribution in [0.3, 0.4) is 0 Å². The van der Waals surface area contributed by atoms with Gasteiger partial charge in [0.1, 0.15) is 5.75 Å². The Morgan fingerprint density at radius 1 is 1.20 bits per heavy atom. The molecule has 0 spiro atoms. The van der Waals surface area contributed by atoms with Gasteiger partial charge in [0.25, 0.3) is 0 Å². The first-order valence-corrected chi connectivity index (χ1v) is 7.39. The minimum atomic E-state index is -0.406. The lowest BCUT2D eigenvalue weighted by molar-refractivity contribution is 0.441. The SMILES string of the molecule is CCNCc1ccc(Oc2cc(Br)ccc2Cl)c(F)c1. The largest absolute Gasteiger partial charge is 0.453 e. The van der Waals surface area contributed by atoms with Gasteiger partial charge in [0.05, 0.1) is 5.02 Å². The summed E-state index contributed by atoms with van der Waals surface area (Å²) in [6.07, 6.45) is 0. The van der Waals surface area contributed by atoms with Crippen molar-refractivity contribution in [1.29, 1.82) is 0 Å². The fourth-order valence-corrected chi connectivity index (χ4v) is 2.18. The molecule has 0 unspecified atom stereocenters. The molecule has 2 nitrogen and oxygen atoms in total. The van der Waals surface area contributed by atoms with Crippen LogP contribution < -0.4 is 10.1 Å². The molecule has 20 heavy (non-hydrogen) atoms. The van der Waals surface area contributed by atoms with Crippen LogP contribution in [0.1, 0.15) is 12.5 Å². The Morgan fingerprint density at radius 2 is 2.00 bits per heavy atom. The molecular formula is C15H14BrClFNO. The lowest BCUT2D eigenvalue weighted by Crippen LogP contribution is -2.11. The van der Waals surface area contributed by atoms with Gasteiger partial charge >= 0.3 is 0 Å². The second kappa shape index (κ2) is 7.07. The summed E-state index contributed by atoms with van der Waals surface area (Å²) in [5, 5.41) is 3.58. The molecule has 106 valence electrons. The van der Waals surface area contributed by atoms with Gasteiger partial charge in [0.2, 0.25) is 0 Å². The van der Waals surface area contributed by atoms with Gasteiger partial charge in [-0.05, 0) is 42.4 Å². The van der Waals surface area contributed by atoms with Crippen LogP contribution in [0.4, 0.5) is 4.39 Å². The van der Waals surface area contributed by atoms with E-state index in [1.807, 2.05) is 13.0 Å². The summed E-state index contributed by atoms with van der Waals surface area (Å²) in [6.45, 7) is 3.47. The standard InChI is InChI=1S/C15H14BrClFNO/c1-2-19-9-10-3-6-14(13(18)7-10)20-15-8-11(16)4-5-12(15)17/h3-8,19H,2,9H2,1H3. The predicted molar refractivity (Wildman–Crippen MR) is 83.0 cm³/mol. The van der Waals surface area contributed by atoms with Crippen LogP contribution in [0, 0.1) is 5.82 Å². The van der Waals surface area contributed by atoms with Crippen LogP contribution in [0.5, 0.6) is 11.5 Å². The van der Waals surface area contributed by atoms with E-state index in [2.05, 4.69) is 21.2 Å². The second-order valence-corrected chi connectivity index (χ2v) is 5.54. The highest BCUT2D eigenvalue weighted by Gasteiger charge is 2.09. The number of benzene rings is 2. The molecule has 0 aromatic heterocycles. The average Bonchev–Trinajstić information content (AvgIpc) is 2.43. The van der Waals surface area contributed by atoms with E-state index >= 15 is 0 Å². The summed E-state index contributed by atoms with van der Waals surface area (Å²) in [5.74, 6) is 0.168. The third kappa shape index (κ3) is 3.95. The number of halogens is 3. The quantitative estimate of drug-likeness (QED) is 0.798. The van der Waals surface area contributed by atoms with Gasteiger partial charge in [0.15, 0.2) is 11.6 Å². The number of hydrogen-bond donors (Lipinski definition) is 1. The van der Waals surface area contributed by atoms with E-state index in [9.17, 15) is 4.39 Å². The Labute approximate surface area is 131 Å². The minimum absolute atomic E-state index is 0.158. The van der Waals surface area contributed by atoms with Crippen LogP contribution in [-0.2, 0) is 6.54 Å². The average molecular weight is 359 g/mol. The molecule has 0 saturated heterocycles. The Morgan fingerprint density at radius 3 is 2.70 bits per heavy atom. The van der Waals surface area contributed by atoms with Gasteiger partial charge in [-0.2, -0.15) is 0 Å². The maximum Gasteiger partial charge on any atom is 0.166 e. The molecule has 2 aromatic rings. The molecule has 0 amide bonds. The van der Waals surface area contributed by atoms with Gasteiger partial charge in [-0.1, -0.05) is 40.5 Å². The van der Waals surface area contributed by atoms with Crippen LogP contribution in [0.15, 0.2) is 40.9 Å². The third-order valence-electron chi connectivity index (χ3n) is 2.69. The smallest absolute Gasteiger partial charge is 0.166 e. The number of rotatable bonds is 5. The zero-order valence-corrected chi connectivity index (χ0v) is 13.3. The summed E-state index contributed by atoms with van der Waals surface area (Å²) < 4.78 is 20.3. The summed E-state index contributed by atoms with van der Waals surface area (Å²) >= 11 is 9.35. The second-order valence-electron chi connectivity index (χ2n) is 4.22. The highest BCUT2D eigenvalue weighted by atomic mass is 79.9. The molecule has 0 aliphatic rings. The molecule has 0 radical (unpaired) electrons. The lowest BCUT2D eigenvalue weighted by Gasteiger charge is -2.10. The van der Waals surface area contributed by atoms with Gasteiger partial charge in [-0.3, -0.25) is 0 Å². The highest BCUT2D eigenvalue weighted by molar-refractivity contribution is 9.10. The van der Waals surface area contributed by atoms with Crippen molar-refractivity contribution in [3.63, 3.8) is 0 Å². The molecule has 0 saturated carbocycles. The van der Waals surface area contributed by atoms with Crippen molar-refractivity contribution in [2.45, 2.75) is 13.5 Å². The summed E-state index contributed by atoms with van der Waals surface area (Å²) in [7, 11) is 0. The molecule has 0 fully saturated rings. The van der Waals surface area contributed by atoms with Crippen molar-refractivity contribution >= 4 is 27.5 Å². The highest BCUT2D eigenvalue weighted by Crippen LogP contribution is 2.33. The summed E-state index contributed by atoms with van der Waals surface area (Å²) in [4.78, 5) is 0. The maximum atomic E-state index is 14.0. The van der Waals surface area contributed by atoms with E-state index in [-0.39, 0.29) is 5.75 Å². The molecule has 1 N–H and O–H groups in total. The van der Waals surface area contributed by atoms with Crippen LogP contribution in [0.2, 0.25) is 5.02 Å². The topological polar surface area (TPSA) is 21.3 Å². The maximum absolute atomic E-state index is 14.0. The number of nitrogens with one attached hydrogen (secondary N) is 1. The molecule has 0 heterocycles. The molecule has 0 aliphatic heterocycles. The Kier molecular flexibility index (Phi) is 5.40. The fourth-order valence-electron chi connectivity index (χ4n) is 1.68. The van der Waals surface area contributed by atoms with E-state index in [0.717, 1.165) is 16.6 Å². The Hall–Kier alpha value is -1.10. The van der Waals surface area contributed by atoms with Crippen molar-refractivity contribution in [2.75, 3.05) is 6.54 Å². The van der Waals surface area contributed by atoms with Crippen molar-refractivity contribution in [3.8, 4) is 11.5 Å². The van der Waals surface area contributed by atoms with Gasteiger partial charge < -0.3 is 10.1 Å². The first-order chi connectivity index (χ1) is 9.60. The van der Waals surface area contributed by atoms with E-state index in [1.54, 1.807) is 24.3 Å². The van der Waals surface area contributed by atoms with Crippen molar-refractivity contribution in [3.05, 3.63) is 57.3 Å². The van der Waals surface area contributed by atoms with Gasteiger partial charge in [-0.25, -0.2) is 4.39 Å². The molecule has 2 rings (SSSR count). The molecule has 5 heteroatoms. The first-order valence-electron chi connectivity index (χ1n) is 6.22. The lowest BCUT2D eigenvalue weighted by atomic mass is 10.2. The van der Waals surface area contributed by atoms with Crippen molar-refractivity contribution in [1.82, 2.24) is 5.32 Å². The predicted octanol–water partition coefficient (Wildman–Crippen LogP) is 5.14. The van der Waals surface area contributed by atoms with Gasteiger partial charge in [0, 0.05) is 11.0 Å². The van der Waals surface area contributed by atoms with E-state index in [1.165, 1.54) is 6.07 Å². The molecule has 0 bridgehead atoms. The van der Waals surface area contributed by atoms with Crippen LogP contribution >= 0.6 is 27.5 Å². The minimum Gasteiger partial charge on any atom is -0.453 e. The molecule has 0 aliphatic carbocycles. The number of hydrogen-bond acceptors (Lipinski definition) is 2. The summed E-state index contributed by atoms with van der Waals surface area (Å²) in [6, 6.07) is 10.1. The third-order valence-corrected chi connectivity index (χ3v) is 3.49. The van der Waals surface area contributed by atoms with E-state index in [0.29, 0.717) is 17.3 Å². The zero-order valence-electron chi connectivity index (χ0n) is 10.9. The molecule has 0 atom stereocenters. The number of ether oxygens (including phenoxy) is 1. The van der Waals surface area contributed by atoms with Gasteiger partial charge in [-0.15, -0.1) is 0 Å². The van der Waals surface area contributed by atoms with Crippen molar-refractivity contribution in [2.24, 2.45) is 0 Å². The monoisotopic (exact) mass is 357 g/mol.